The molecule has 4 heteroatoms. The van der Waals surface area contributed by atoms with Crippen molar-refractivity contribution < 1.29 is 4.79 Å². The van der Waals surface area contributed by atoms with Gasteiger partial charge in [0.2, 0.25) is 5.91 Å². The van der Waals surface area contributed by atoms with Gasteiger partial charge < -0.3 is 15.5 Å². The van der Waals surface area contributed by atoms with E-state index in [0.717, 1.165) is 38.2 Å². The second-order valence-corrected chi connectivity index (χ2v) is 7.43. The van der Waals surface area contributed by atoms with Crippen LogP contribution in [0.15, 0.2) is 24.3 Å². The molecule has 4 nitrogen and oxygen atoms in total. The second kappa shape index (κ2) is 7.02. The molecule has 0 spiro atoms. The molecule has 0 bridgehead atoms. The minimum absolute atomic E-state index is 0.179. The molecule has 2 atom stereocenters. The quantitative estimate of drug-likeness (QED) is 0.877. The van der Waals surface area contributed by atoms with Gasteiger partial charge >= 0.3 is 0 Å². The highest BCUT2D eigenvalue weighted by atomic mass is 16.2. The summed E-state index contributed by atoms with van der Waals surface area (Å²) in [7, 11) is 4.17. The standard InChI is InChI=1S/C19H29N3O/c1-22(2)12-10-15-6-8-17(9-7-15)21-18(23)19-11-4-3-5-16(19)13-20-14-19/h6-9,16,20H,3-5,10-14H2,1-2H3,(H,21,23)/t16-,19+/m0/s1. The number of rotatable bonds is 5. The van der Waals surface area contributed by atoms with Crippen molar-refractivity contribution in [2.24, 2.45) is 11.3 Å². The summed E-state index contributed by atoms with van der Waals surface area (Å²) in [5, 5.41) is 6.62. The molecular formula is C19H29N3O. The van der Waals surface area contributed by atoms with Crippen LogP contribution in [0.2, 0.25) is 0 Å². The monoisotopic (exact) mass is 315 g/mol. The van der Waals surface area contributed by atoms with Crippen LogP contribution in [-0.2, 0) is 11.2 Å². The SMILES string of the molecule is CN(C)CCc1ccc(NC(=O)[C@@]23CCCC[C@H]2CNC3)cc1. The lowest BCUT2D eigenvalue weighted by Gasteiger charge is -2.37. The molecule has 1 aliphatic heterocycles. The Morgan fingerprint density at radius 3 is 2.83 bits per heavy atom. The number of amides is 1. The van der Waals surface area contributed by atoms with Gasteiger partial charge in [-0.3, -0.25) is 4.79 Å². The van der Waals surface area contributed by atoms with Gasteiger partial charge in [-0.15, -0.1) is 0 Å². The Morgan fingerprint density at radius 2 is 2.09 bits per heavy atom. The zero-order chi connectivity index (χ0) is 16.3. The van der Waals surface area contributed by atoms with Gasteiger partial charge in [-0.2, -0.15) is 0 Å². The third-order valence-corrected chi connectivity index (χ3v) is 5.55. The molecular weight excluding hydrogens is 286 g/mol. The predicted octanol–water partition coefficient (Wildman–Crippen LogP) is 2.51. The van der Waals surface area contributed by atoms with E-state index in [4.69, 9.17) is 0 Å². The van der Waals surface area contributed by atoms with Crippen molar-refractivity contribution in [2.75, 3.05) is 39.0 Å². The Hall–Kier alpha value is -1.39. The van der Waals surface area contributed by atoms with Gasteiger partial charge in [0.15, 0.2) is 0 Å². The van der Waals surface area contributed by atoms with Crippen molar-refractivity contribution in [3.8, 4) is 0 Å². The van der Waals surface area contributed by atoms with Crippen LogP contribution in [0.25, 0.3) is 0 Å². The van der Waals surface area contributed by atoms with Crippen LogP contribution >= 0.6 is 0 Å². The highest BCUT2D eigenvalue weighted by Gasteiger charge is 2.49. The van der Waals surface area contributed by atoms with E-state index in [-0.39, 0.29) is 11.3 Å². The third kappa shape index (κ3) is 3.59. The maximum absolute atomic E-state index is 12.9. The minimum atomic E-state index is -0.179. The molecule has 0 radical (unpaired) electrons. The Kier molecular flexibility index (Phi) is 5.02. The van der Waals surface area contributed by atoms with E-state index in [0.29, 0.717) is 5.92 Å². The van der Waals surface area contributed by atoms with E-state index in [1.807, 2.05) is 12.1 Å². The summed E-state index contributed by atoms with van der Waals surface area (Å²) in [6.07, 6.45) is 5.69. The highest BCUT2D eigenvalue weighted by Crippen LogP contribution is 2.44. The van der Waals surface area contributed by atoms with Crippen LogP contribution < -0.4 is 10.6 Å². The predicted molar refractivity (Wildman–Crippen MR) is 94.6 cm³/mol. The molecule has 1 aliphatic carbocycles. The molecule has 2 fully saturated rings. The maximum atomic E-state index is 12.9. The summed E-state index contributed by atoms with van der Waals surface area (Å²) in [6.45, 7) is 2.88. The summed E-state index contributed by atoms with van der Waals surface area (Å²) < 4.78 is 0. The third-order valence-electron chi connectivity index (χ3n) is 5.55. The van der Waals surface area contributed by atoms with Crippen molar-refractivity contribution in [3.05, 3.63) is 29.8 Å². The Morgan fingerprint density at radius 1 is 1.30 bits per heavy atom. The van der Waals surface area contributed by atoms with E-state index < -0.39 is 0 Å². The topological polar surface area (TPSA) is 44.4 Å². The average molecular weight is 315 g/mol. The number of anilines is 1. The molecule has 1 saturated carbocycles. The number of likely N-dealkylation sites (N-methyl/N-ethyl adjacent to an activating group) is 1. The first-order chi connectivity index (χ1) is 11.1. The minimum Gasteiger partial charge on any atom is -0.326 e. The number of fused-ring (bicyclic) bond motifs is 1. The summed E-state index contributed by atoms with van der Waals surface area (Å²) in [5.41, 5.74) is 2.06. The van der Waals surface area contributed by atoms with Gasteiger partial charge in [0, 0.05) is 18.8 Å². The molecule has 0 unspecified atom stereocenters. The number of benzene rings is 1. The number of nitrogens with one attached hydrogen (secondary N) is 2. The number of hydrogen-bond acceptors (Lipinski definition) is 3. The molecule has 1 aromatic rings. The van der Waals surface area contributed by atoms with E-state index in [1.54, 1.807) is 0 Å². The van der Waals surface area contributed by atoms with E-state index in [2.05, 4.69) is 41.8 Å². The lowest BCUT2D eigenvalue weighted by atomic mass is 9.67. The van der Waals surface area contributed by atoms with Gasteiger partial charge in [0.1, 0.15) is 0 Å². The molecule has 3 rings (SSSR count). The molecule has 126 valence electrons. The van der Waals surface area contributed by atoms with Crippen LogP contribution in [0.3, 0.4) is 0 Å². The average Bonchev–Trinajstić information content (AvgIpc) is 2.99. The lowest BCUT2D eigenvalue weighted by molar-refractivity contribution is -0.128. The van der Waals surface area contributed by atoms with Crippen molar-refractivity contribution in [2.45, 2.75) is 32.1 Å². The fraction of sp³-hybridized carbons (Fsp3) is 0.632. The second-order valence-electron chi connectivity index (χ2n) is 7.43. The molecule has 1 aromatic carbocycles. The van der Waals surface area contributed by atoms with Crippen LogP contribution in [0.5, 0.6) is 0 Å². The van der Waals surface area contributed by atoms with Gasteiger partial charge in [-0.1, -0.05) is 25.0 Å². The van der Waals surface area contributed by atoms with Crippen LogP contribution in [0.1, 0.15) is 31.2 Å². The number of nitrogens with zero attached hydrogens (tertiary/aromatic N) is 1. The number of hydrogen-bond donors (Lipinski definition) is 2. The molecule has 1 saturated heterocycles. The van der Waals surface area contributed by atoms with Crippen molar-refractivity contribution in [1.82, 2.24) is 10.2 Å². The van der Waals surface area contributed by atoms with Crippen molar-refractivity contribution in [3.63, 3.8) is 0 Å². The lowest BCUT2D eigenvalue weighted by Crippen LogP contribution is -2.44. The molecule has 2 N–H and O–H groups in total. The molecule has 0 aromatic heterocycles. The molecule has 1 heterocycles. The van der Waals surface area contributed by atoms with Crippen LogP contribution in [0.4, 0.5) is 5.69 Å². The Bertz CT molecular complexity index is 540. The van der Waals surface area contributed by atoms with Gasteiger partial charge in [-0.25, -0.2) is 0 Å². The summed E-state index contributed by atoms with van der Waals surface area (Å²) in [6, 6.07) is 8.34. The van der Waals surface area contributed by atoms with E-state index in [1.165, 1.54) is 24.8 Å². The van der Waals surface area contributed by atoms with Crippen LogP contribution in [-0.4, -0.2) is 44.5 Å². The molecule has 23 heavy (non-hydrogen) atoms. The largest absolute Gasteiger partial charge is 0.326 e. The van der Waals surface area contributed by atoms with E-state index >= 15 is 0 Å². The van der Waals surface area contributed by atoms with Crippen molar-refractivity contribution >= 4 is 11.6 Å². The highest BCUT2D eigenvalue weighted by molar-refractivity contribution is 5.96. The number of carbonyl (C=O) groups excluding carboxylic acids is 1. The number of carbonyl (C=O) groups is 1. The Labute approximate surface area is 139 Å². The first kappa shape index (κ1) is 16.5. The van der Waals surface area contributed by atoms with Crippen molar-refractivity contribution in [1.29, 1.82) is 0 Å². The van der Waals surface area contributed by atoms with E-state index in [9.17, 15) is 4.79 Å². The zero-order valence-electron chi connectivity index (χ0n) is 14.4. The zero-order valence-corrected chi connectivity index (χ0v) is 14.4. The Balaban J connectivity index is 1.63. The molecule has 2 aliphatic rings. The van der Waals surface area contributed by atoms with Gasteiger partial charge in [0.25, 0.3) is 0 Å². The smallest absolute Gasteiger partial charge is 0.232 e. The normalized spacial score (nSPS) is 27.0. The maximum Gasteiger partial charge on any atom is 0.232 e. The summed E-state index contributed by atoms with van der Waals surface area (Å²) in [4.78, 5) is 15.1. The fourth-order valence-electron chi connectivity index (χ4n) is 4.05. The summed E-state index contributed by atoms with van der Waals surface area (Å²) >= 11 is 0. The van der Waals surface area contributed by atoms with Gasteiger partial charge in [0.05, 0.1) is 5.41 Å². The van der Waals surface area contributed by atoms with Gasteiger partial charge in [-0.05, 0) is 63.5 Å². The molecule has 1 amide bonds. The van der Waals surface area contributed by atoms with Crippen LogP contribution in [0, 0.1) is 11.3 Å². The first-order valence-corrected chi connectivity index (χ1v) is 8.86. The fourth-order valence-corrected chi connectivity index (χ4v) is 4.05. The summed E-state index contributed by atoms with van der Waals surface area (Å²) in [5.74, 6) is 0.726. The first-order valence-electron chi connectivity index (χ1n) is 8.86.